The van der Waals surface area contributed by atoms with Crippen LogP contribution in [0.2, 0.25) is 0 Å². The third-order valence-electron chi connectivity index (χ3n) is 0. The van der Waals surface area contributed by atoms with Crippen molar-refractivity contribution in [3.05, 3.63) is 0 Å². The molecule has 0 aliphatic rings. The van der Waals surface area contributed by atoms with Crippen LogP contribution in [-0.4, -0.2) is 34.0 Å². The first kappa shape index (κ1) is 34.7. The largest absolute Gasteiger partial charge is 0.870 e. The fourth-order valence-electron chi connectivity index (χ4n) is 0. The van der Waals surface area contributed by atoms with Gasteiger partial charge in [-0.2, -0.15) is 8.42 Å². The molecule has 7 nitrogen and oxygen atoms in total. The van der Waals surface area contributed by atoms with Gasteiger partial charge in [0, 0.05) is 17.4 Å². The fourth-order valence-corrected chi connectivity index (χ4v) is 0. The molecule has 0 saturated heterocycles. The van der Waals surface area contributed by atoms with Crippen LogP contribution in [-0.2, 0) is 27.8 Å². The van der Waals surface area contributed by atoms with Crippen LogP contribution in [0.5, 0.6) is 0 Å². The van der Waals surface area contributed by atoms with Gasteiger partial charge in [-0.15, -0.1) is 0 Å². The summed E-state index contributed by atoms with van der Waals surface area (Å²) in [4.78, 5) is 0. The van der Waals surface area contributed by atoms with Crippen LogP contribution >= 0.6 is 0 Å². The Balaban J connectivity index is -0.0000000133. The summed E-state index contributed by atoms with van der Waals surface area (Å²) in [6.45, 7) is 0. The first-order valence-corrected chi connectivity index (χ1v) is 2.10. The summed E-state index contributed by atoms with van der Waals surface area (Å²) in [7, 11) is -4.67. The molecular weight excluding hydrogens is 196 g/mol. The molecule has 0 aromatic rings. The van der Waals surface area contributed by atoms with E-state index in [1.165, 1.54) is 0 Å². The van der Waals surface area contributed by atoms with Crippen molar-refractivity contribution in [3.8, 4) is 0 Å². The van der Waals surface area contributed by atoms with E-state index in [0.717, 1.165) is 0 Å². The molecule has 0 bridgehead atoms. The quantitative estimate of drug-likeness (QED) is 0.465. The minimum atomic E-state index is -4.67. The van der Waals surface area contributed by atoms with Crippen molar-refractivity contribution >= 4 is 10.4 Å². The van der Waals surface area contributed by atoms with E-state index in [2.05, 4.69) is 0 Å². The molecule has 0 amide bonds. The van der Waals surface area contributed by atoms with Gasteiger partial charge in [0.25, 0.3) is 0 Å². The second-order valence-electron chi connectivity index (χ2n) is 0.448. The predicted octanol–water partition coefficient (Wildman–Crippen LogP) is -1.19. The topological polar surface area (TPSA) is 165 Å². The minimum absolute atomic E-state index is 0. The molecule has 9 heavy (non-hydrogen) atoms. The summed E-state index contributed by atoms with van der Waals surface area (Å²) in [6.07, 6.45) is 0. The molecule has 0 aromatic heterocycles. The first-order chi connectivity index (χ1) is 2.00. The van der Waals surface area contributed by atoms with E-state index in [-0.39, 0.29) is 33.8 Å². The fraction of sp³-hybridized carbons (Fsp3) is 0. The monoisotopic (exact) mass is 201 g/mol. The summed E-state index contributed by atoms with van der Waals surface area (Å²) in [5.41, 5.74) is 0. The van der Waals surface area contributed by atoms with Gasteiger partial charge in [0.1, 0.15) is 0 Å². The maximum absolute atomic E-state index is 8.74. The average molecular weight is 201 g/mol. The molecule has 0 radical (unpaired) electrons. The van der Waals surface area contributed by atoms with E-state index in [4.69, 9.17) is 17.5 Å². The number of hydrogen-bond donors (Lipinski definition) is 2. The molecule has 0 fully saturated rings. The SMILES string of the molecule is O=S(=O)(O)O.[Cr].[OH-].[OH-].[OH-]. The average Bonchev–Trinajstić information content (AvgIpc) is 0.722. The van der Waals surface area contributed by atoms with Gasteiger partial charge in [0.2, 0.25) is 0 Å². The van der Waals surface area contributed by atoms with Crippen molar-refractivity contribution in [2.24, 2.45) is 0 Å². The van der Waals surface area contributed by atoms with Gasteiger partial charge < -0.3 is 16.4 Å². The maximum atomic E-state index is 8.74. The Morgan fingerprint density at radius 1 is 0.889 bits per heavy atom. The van der Waals surface area contributed by atoms with Crippen LogP contribution in [0.15, 0.2) is 0 Å². The molecule has 62 valence electrons. The molecule has 9 heteroatoms. The van der Waals surface area contributed by atoms with Crippen LogP contribution in [0.4, 0.5) is 0 Å². The van der Waals surface area contributed by atoms with Crippen LogP contribution in [0.25, 0.3) is 0 Å². The van der Waals surface area contributed by atoms with E-state index in [9.17, 15) is 0 Å². The maximum Gasteiger partial charge on any atom is 0.394 e. The zero-order chi connectivity index (χ0) is 4.50. The Hall–Kier alpha value is 0.282. The molecule has 0 aromatic carbocycles. The van der Waals surface area contributed by atoms with Crippen molar-refractivity contribution in [2.75, 3.05) is 0 Å². The van der Waals surface area contributed by atoms with Crippen LogP contribution in [0, 0.1) is 0 Å². The van der Waals surface area contributed by atoms with Crippen molar-refractivity contribution in [1.82, 2.24) is 0 Å². The van der Waals surface area contributed by atoms with E-state index in [1.807, 2.05) is 0 Å². The van der Waals surface area contributed by atoms with Gasteiger partial charge in [0.15, 0.2) is 0 Å². The summed E-state index contributed by atoms with van der Waals surface area (Å²) in [5, 5.41) is 0. The third kappa shape index (κ3) is 4100. The van der Waals surface area contributed by atoms with Gasteiger partial charge in [-0.05, 0) is 0 Å². The van der Waals surface area contributed by atoms with Crippen molar-refractivity contribution in [3.63, 3.8) is 0 Å². The summed E-state index contributed by atoms with van der Waals surface area (Å²) >= 11 is 0. The Morgan fingerprint density at radius 2 is 0.889 bits per heavy atom. The summed E-state index contributed by atoms with van der Waals surface area (Å²) < 4.78 is 31.6. The Bertz CT molecular complexity index is 92.1. The molecular formula is H5CrO7S-3. The van der Waals surface area contributed by atoms with E-state index >= 15 is 0 Å². The van der Waals surface area contributed by atoms with Gasteiger partial charge in [0.05, 0.1) is 0 Å². The Kier molecular flexibility index (Phi) is 42.9. The predicted molar refractivity (Wildman–Crippen MR) is 20.0 cm³/mol. The van der Waals surface area contributed by atoms with Gasteiger partial charge in [-0.1, -0.05) is 0 Å². The molecule has 0 spiro atoms. The zero-order valence-corrected chi connectivity index (χ0v) is 5.96. The minimum Gasteiger partial charge on any atom is -0.870 e. The molecule has 5 N–H and O–H groups in total. The van der Waals surface area contributed by atoms with E-state index < -0.39 is 10.4 Å². The van der Waals surface area contributed by atoms with Crippen LogP contribution in [0.3, 0.4) is 0 Å². The normalized spacial score (nSPS) is 6.44. The van der Waals surface area contributed by atoms with E-state index in [1.54, 1.807) is 0 Å². The van der Waals surface area contributed by atoms with E-state index in [0.29, 0.717) is 0 Å². The Labute approximate surface area is 62.3 Å². The first-order valence-electron chi connectivity index (χ1n) is 0.698. The molecule has 0 aliphatic carbocycles. The van der Waals surface area contributed by atoms with Gasteiger partial charge in [-0.3, -0.25) is 9.11 Å². The number of rotatable bonds is 0. The molecule has 0 heterocycles. The molecule has 0 aliphatic heterocycles. The Morgan fingerprint density at radius 3 is 0.889 bits per heavy atom. The smallest absolute Gasteiger partial charge is 0.394 e. The standard InChI is InChI=1S/Cr.H2O4S.3H2O/c;1-5(2,3)4;;;/h;(H2,1,2,3,4);3*1H2/p-3. The van der Waals surface area contributed by atoms with Crippen molar-refractivity contribution in [2.45, 2.75) is 0 Å². The second-order valence-corrected chi connectivity index (χ2v) is 1.34. The molecule has 0 atom stereocenters. The molecule has 0 saturated carbocycles. The summed E-state index contributed by atoms with van der Waals surface area (Å²) in [5.74, 6) is 0. The summed E-state index contributed by atoms with van der Waals surface area (Å²) in [6, 6.07) is 0. The van der Waals surface area contributed by atoms with Crippen molar-refractivity contribution < 1.29 is 51.3 Å². The van der Waals surface area contributed by atoms with Crippen LogP contribution < -0.4 is 0 Å². The van der Waals surface area contributed by atoms with Crippen molar-refractivity contribution in [1.29, 1.82) is 0 Å². The van der Waals surface area contributed by atoms with Gasteiger partial charge in [-0.25, -0.2) is 0 Å². The zero-order valence-electron chi connectivity index (χ0n) is 3.87. The van der Waals surface area contributed by atoms with Gasteiger partial charge >= 0.3 is 10.4 Å². The number of hydrogen-bond acceptors (Lipinski definition) is 5. The van der Waals surface area contributed by atoms with Crippen LogP contribution in [0.1, 0.15) is 0 Å². The second kappa shape index (κ2) is 11.1. The third-order valence-corrected chi connectivity index (χ3v) is 0. The molecule has 0 unspecified atom stereocenters. The molecule has 0 rings (SSSR count).